The van der Waals surface area contributed by atoms with Gasteiger partial charge in [0.1, 0.15) is 0 Å². The minimum absolute atomic E-state index is 0.140. The zero-order valence-corrected chi connectivity index (χ0v) is 7.12. The third-order valence-electron chi connectivity index (χ3n) is 1.36. The number of amides is 1. The summed E-state index contributed by atoms with van der Waals surface area (Å²) < 4.78 is 0. The van der Waals surface area contributed by atoms with E-state index >= 15 is 0 Å². The van der Waals surface area contributed by atoms with Gasteiger partial charge in [-0.3, -0.25) is 9.79 Å². The van der Waals surface area contributed by atoms with Crippen molar-refractivity contribution in [2.75, 3.05) is 13.1 Å². The van der Waals surface area contributed by atoms with Crippen LogP contribution in [0.3, 0.4) is 0 Å². The van der Waals surface area contributed by atoms with Crippen LogP contribution in [-0.2, 0) is 4.79 Å². The van der Waals surface area contributed by atoms with Crippen LogP contribution in [0.5, 0.6) is 0 Å². The first-order chi connectivity index (χ1) is 5.77. The van der Waals surface area contributed by atoms with Gasteiger partial charge in [0.05, 0.1) is 0 Å². The molecule has 0 aromatic heterocycles. The quantitative estimate of drug-likeness (QED) is 0.202. The van der Waals surface area contributed by atoms with Crippen LogP contribution in [0.1, 0.15) is 19.3 Å². The molecule has 0 unspecified atom stereocenters. The number of carbonyl (C=O) groups excluding carboxylic acids is 1. The SMILES string of the molecule is NC(N)=NCCCCCNC=O. The third-order valence-corrected chi connectivity index (χ3v) is 1.36. The lowest BCUT2D eigenvalue weighted by molar-refractivity contribution is -0.109. The van der Waals surface area contributed by atoms with Crippen LogP contribution in [0.4, 0.5) is 0 Å². The average molecular weight is 172 g/mol. The van der Waals surface area contributed by atoms with E-state index in [-0.39, 0.29) is 5.96 Å². The average Bonchev–Trinajstić information content (AvgIpc) is 2.02. The summed E-state index contributed by atoms with van der Waals surface area (Å²) in [7, 11) is 0. The molecule has 0 aliphatic rings. The van der Waals surface area contributed by atoms with E-state index < -0.39 is 0 Å². The molecule has 0 radical (unpaired) electrons. The molecule has 0 aliphatic carbocycles. The van der Waals surface area contributed by atoms with Gasteiger partial charge >= 0.3 is 0 Å². The topological polar surface area (TPSA) is 93.5 Å². The monoisotopic (exact) mass is 172 g/mol. The van der Waals surface area contributed by atoms with Crippen LogP contribution in [0.25, 0.3) is 0 Å². The first-order valence-electron chi connectivity index (χ1n) is 4.00. The molecule has 0 heterocycles. The smallest absolute Gasteiger partial charge is 0.207 e. The van der Waals surface area contributed by atoms with Crippen molar-refractivity contribution in [3.8, 4) is 0 Å². The minimum Gasteiger partial charge on any atom is -0.370 e. The second-order valence-corrected chi connectivity index (χ2v) is 2.44. The molecule has 5 nitrogen and oxygen atoms in total. The summed E-state index contributed by atoms with van der Waals surface area (Å²) in [6.07, 6.45) is 3.66. The molecule has 0 saturated carbocycles. The standard InChI is InChI=1S/C7H16N4O/c8-7(9)11-5-3-1-2-4-10-6-12/h6H,1-5H2,(H,10,12)(H4,8,9,11). The lowest BCUT2D eigenvalue weighted by Crippen LogP contribution is -2.22. The van der Waals surface area contributed by atoms with Gasteiger partial charge in [-0.2, -0.15) is 0 Å². The molecule has 0 aromatic carbocycles. The van der Waals surface area contributed by atoms with Crippen molar-refractivity contribution >= 4 is 12.4 Å². The van der Waals surface area contributed by atoms with Crippen molar-refractivity contribution in [1.82, 2.24) is 5.32 Å². The Hall–Kier alpha value is -1.26. The van der Waals surface area contributed by atoms with Gasteiger partial charge in [-0.15, -0.1) is 0 Å². The Labute approximate surface area is 72.2 Å². The number of unbranched alkanes of at least 4 members (excludes halogenated alkanes) is 2. The highest BCUT2D eigenvalue weighted by atomic mass is 16.1. The second kappa shape index (κ2) is 7.84. The summed E-state index contributed by atoms with van der Waals surface area (Å²) in [6.45, 7) is 1.40. The molecule has 0 spiro atoms. The number of rotatable bonds is 7. The van der Waals surface area contributed by atoms with E-state index in [0.29, 0.717) is 13.0 Å². The van der Waals surface area contributed by atoms with Gasteiger partial charge in [-0.25, -0.2) is 0 Å². The second-order valence-electron chi connectivity index (χ2n) is 2.44. The van der Waals surface area contributed by atoms with Gasteiger partial charge in [-0.05, 0) is 19.3 Å². The Bertz CT molecular complexity index is 142. The molecule has 0 saturated heterocycles. The Morgan fingerprint density at radius 3 is 2.67 bits per heavy atom. The maximum atomic E-state index is 9.82. The predicted molar refractivity (Wildman–Crippen MR) is 48.6 cm³/mol. The van der Waals surface area contributed by atoms with E-state index in [2.05, 4.69) is 10.3 Å². The van der Waals surface area contributed by atoms with Crippen LogP contribution in [-0.4, -0.2) is 25.5 Å². The highest BCUT2D eigenvalue weighted by Crippen LogP contribution is 1.93. The first-order valence-corrected chi connectivity index (χ1v) is 4.00. The molecule has 0 aromatic rings. The highest BCUT2D eigenvalue weighted by molar-refractivity contribution is 5.75. The van der Waals surface area contributed by atoms with Crippen LogP contribution in [0, 0.1) is 0 Å². The largest absolute Gasteiger partial charge is 0.370 e. The summed E-state index contributed by atoms with van der Waals surface area (Å²) in [5.74, 6) is 0.140. The molecule has 0 fully saturated rings. The number of nitrogens with zero attached hydrogens (tertiary/aromatic N) is 1. The van der Waals surface area contributed by atoms with Crippen LogP contribution in [0.2, 0.25) is 0 Å². The molecule has 0 atom stereocenters. The third kappa shape index (κ3) is 8.74. The van der Waals surface area contributed by atoms with Crippen molar-refractivity contribution < 1.29 is 4.79 Å². The van der Waals surface area contributed by atoms with Crippen molar-refractivity contribution in [3.05, 3.63) is 0 Å². The van der Waals surface area contributed by atoms with Crippen molar-refractivity contribution in [3.63, 3.8) is 0 Å². The predicted octanol–water partition coefficient (Wildman–Crippen LogP) is -0.824. The highest BCUT2D eigenvalue weighted by Gasteiger charge is 1.87. The lowest BCUT2D eigenvalue weighted by Gasteiger charge is -1.97. The first kappa shape index (κ1) is 10.7. The number of nitrogens with two attached hydrogens (primary N) is 2. The number of hydrogen-bond acceptors (Lipinski definition) is 2. The number of hydrogen-bond donors (Lipinski definition) is 3. The Balaban J connectivity index is 3.00. The Morgan fingerprint density at radius 2 is 2.08 bits per heavy atom. The molecule has 0 rings (SSSR count). The van der Waals surface area contributed by atoms with Gasteiger partial charge in [0.15, 0.2) is 5.96 Å². The lowest BCUT2D eigenvalue weighted by atomic mass is 10.2. The van der Waals surface area contributed by atoms with E-state index in [1.807, 2.05) is 0 Å². The molecular formula is C7H16N4O. The van der Waals surface area contributed by atoms with Crippen LogP contribution in [0.15, 0.2) is 4.99 Å². The van der Waals surface area contributed by atoms with E-state index in [9.17, 15) is 4.79 Å². The van der Waals surface area contributed by atoms with Crippen molar-refractivity contribution in [1.29, 1.82) is 0 Å². The molecule has 5 N–H and O–H groups in total. The molecule has 0 aliphatic heterocycles. The zero-order valence-electron chi connectivity index (χ0n) is 7.12. The fraction of sp³-hybridized carbons (Fsp3) is 0.714. The maximum absolute atomic E-state index is 9.82. The van der Waals surface area contributed by atoms with Crippen molar-refractivity contribution in [2.24, 2.45) is 16.5 Å². The van der Waals surface area contributed by atoms with Gasteiger partial charge in [-0.1, -0.05) is 0 Å². The molecule has 1 amide bonds. The van der Waals surface area contributed by atoms with Crippen LogP contribution >= 0.6 is 0 Å². The summed E-state index contributed by atoms with van der Waals surface area (Å²) in [6, 6.07) is 0. The van der Waals surface area contributed by atoms with Gasteiger partial charge in [0.25, 0.3) is 0 Å². The summed E-state index contributed by atoms with van der Waals surface area (Å²) in [4.78, 5) is 13.6. The summed E-state index contributed by atoms with van der Waals surface area (Å²) in [5, 5.41) is 2.58. The minimum atomic E-state index is 0.140. The molecule has 12 heavy (non-hydrogen) atoms. The molecule has 5 heteroatoms. The molecule has 0 bridgehead atoms. The van der Waals surface area contributed by atoms with Crippen LogP contribution < -0.4 is 16.8 Å². The van der Waals surface area contributed by atoms with Crippen molar-refractivity contribution in [2.45, 2.75) is 19.3 Å². The fourth-order valence-electron chi connectivity index (χ4n) is 0.783. The van der Waals surface area contributed by atoms with Gasteiger partial charge in [0, 0.05) is 13.1 Å². The summed E-state index contributed by atoms with van der Waals surface area (Å²) in [5.41, 5.74) is 10.2. The Kier molecular flexibility index (Phi) is 7.02. The normalized spacial score (nSPS) is 9.00. The molecule has 70 valence electrons. The number of nitrogens with one attached hydrogen (secondary N) is 1. The number of aliphatic imine (C=N–C) groups is 1. The van der Waals surface area contributed by atoms with E-state index in [0.717, 1.165) is 25.8 Å². The van der Waals surface area contributed by atoms with Gasteiger partial charge in [0.2, 0.25) is 6.41 Å². The summed E-state index contributed by atoms with van der Waals surface area (Å²) >= 11 is 0. The maximum Gasteiger partial charge on any atom is 0.207 e. The van der Waals surface area contributed by atoms with E-state index in [4.69, 9.17) is 11.5 Å². The molecular weight excluding hydrogens is 156 g/mol. The fourth-order valence-corrected chi connectivity index (χ4v) is 0.783. The van der Waals surface area contributed by atoms with Gasteiger partial charge < -0.3 is 16.8 Å². The van der Waals surface area contributed by atoms with E-state index in [1.165, 1.54) is 0 Å². The van der Waals surface area contributed by atoms with E-state index in [1.54, 1.807) is 0 Å². The number of guanidine groups is 1. The zero-order chi connectivity index (χ0) is 9.23. The Morgan fingerprint density at radius 1 is 1.33 bits per heavy atom. The number of carbonyl (C=O) groups is 1.